The lowest BCUT2D eigenvalue weighted by Crippen LogP contribution is -2.04. The average Bonchev–Trinajstić information content (AvgIpc) is 2.80. The molecule has 2 nitrogen and oxygen atoms in total. The number of carbonyl (C=O) groups is 1. The van der Waals surface area contributed by atoms with Gasteiger partial charge in [-0.3, -0.25) is 0 Å². The summed E-state index contributed by atoms with van der Waals surface area (Å²) in [6, 6.07) is 9.08. The molecule has 0 atom stereocenters. The standard InChI is InChI=1S/C12H9FO2S/c13-10-5-3-9(4-6-10)12(14)15-8-11-2-1-7-16-11/h1-7H,8H2. The zero-order chi connectivity index (χ0) is 11.4. The van der Waals surface area contributed by atoms with Crippen molar-refractivity contribution in [3.8, 4) is 0 Å². The molecule has 1 heterocycles. The predicted octanol–water partition coefficient (Wildman–Crippen LogP) is 3.24. The highest BCUT2D eigenvalue weighted by atomic mass is 32.1. The average molecular weight is 236 g/mol. The first-order valence-corrected chi connectivity index (χ1v) is 5.59. The number of hydrogen-bond donors (Lipinski definition) is 0. The van der Waals surface area contributed by atoms with E-state index in [0.717, 1.165) is 4.88 Å². The molecule has 0 fully saturated rings. The number of benzene rings is 1. The van der Waals surface area contributed by atoms with E-state index in [-0.39, 0.29) is 12.4 Å². The molecule has 0 spiro atoms. The van der Waals surface area contributed by atoms with Crippen LogP contribution in [0.25, 0.3) is 0 Å². The summed E-state index contributed by atoms with van der Waals surface area (Å²) in [7, 11) is 0. The van der Waals surface area contributed by atoms with Crippen LogP contribution in [0.5, 0.6) is 0 Å². The Balaban J connectivity index is 1.95. The van der Waals surface area contributed by atoms with Crippen molar-refractivity contribution in [1.82, 2.24) is 0 Å². The van der Waals surface area contributed by atoms with Crippen LogP contribution in [-0.4, -0.2) is 5.97 Å². The maximum atomic E-state index is 12.6. The summed E-state index contributed by atoms with van der Waals surface area (Å²) in [6.07, 6.45) is 0. The lowest BCUT2D eigenvalue weighted by molar-refractivity contribution is 0.0477. The fourth-order valence-corrected chi connectivity index (χ4v) is 1.82. The van der Waals surface area contributed by atoms with Gasteiger partial charge in [0.25, 0.3) is 0 Å². The van der Waals surface area contributed by atoms with Crippen LogP contribution in [0.3, 0.4) is 0 Å². The van der Waals surface area contributed by atoms with E-state index in [2.05, 4.69) is 0 Å². The molecule has 0 radical (unpaired) electrons. The first kappa shape index (κ1) is 10.8. The van der Waals surface area contributed by atoms with Crippen LogP contribution >= 0.6 is 11.3 Å². The first-order valence-electron chi connectivity index (χ1n) is 4.71. The van der Waals surface area contributed by atoms with E-state index in [9.17, 15) is 9.18 Å². The largest absolute Gasteiger partial charge is 0.456 e. The Hall–Kier alpha value is -1.68. The second-order valence-corrected chi connectivity index (χ2v) is 4.19. The third kappa shape index (κ3) is 2.67. The number of halogens is 1. The molecule has 4 heteroatoms. The molecule has 0 aliphatic heterocycles. The third-order valence-corrected chi connectivity index (χ3v) is 2.86. The summed E-state index contributed by atoms with van der Waals surface area (Å²) in [5, 5.41) is 1.92. The fraction of sp³-hybridized carbons (Fsp3) is 0.0833. The number of hydrogen-bond acceptors (Lipinski definition) is 3. The Morgan fingerprint density at radius 2 is 2.00 bits per heavy atom. The molecule has 2 aromatic rings. The summed E-state index contributed by atoms with van der Waals surface area (Å²) in [4.78, 5) is 12.5. The van der Waals surface area contributed by atoms with Gasteiger partial charge >= 0.3 is 5.97 Å². The molecule has 0 unspecified atom stereocenters. The number of thiophene rings is 1. The van der Waals surface area contributed by atoms with Gasteiger partial charge in [0.15, 0.2) is 0 Å². The van der Waals surface area contributed by atoms with Crippen LogP contribution in [0.2, 0.25) is 0 Å². The number of ether oxygens (including phenoxy) is 1. The quantitative estimate of drug-likeness (QED) is 0.765. The van der Waals surface area contributed by atoms with Crippen LogP contribution in [0, 0.1) is 5.82 Å². The molecule has 1 aromatic heterocycles. The van der Waals surface area contributed by atoms with Gasteiger partial charge in [0, 0.05) is 4.88 Å². The summed E-state index contributed by atoms with van der Waals surface area (Å²) in [6.45, 7) is 0.258. The van der Waals surface area contributed by atoms with Crippen molar-refractivity contribution in [1.29, 1.82) is 0 Å². The van der Waals surface area contributed by atoms with Gasteiger partial charge in [0.2, 0.25) is 0 Å². The maximum Gasteiger partial charge on any atom is 0.338 e. The highest BCUT2D eigenvalue weighted by molar-refractivity contribution is 7.09. The molecular formula is C12H9FO2S. The zero-order valence-electron chi connectivity index (χ0n) is 8.35. The normalized spacial score (nSPS) is 10.1. The smallest absolute Gasteiger partial charge is 0.338 e. The predicted molar refractivity (Wildman–Crippen MR) is 59.8 cm³/mol. The molecule has 16 heavy (non-hydrogen) atoms. The van der Waals surface area contributed by atoms with Gasteiger partial charge in [0.05, 0.1) is 5.56 Å². The third-order valence-electron chi connectivity index (χ3n) is 2.01. The molecule has 0 bridgehead atoms. The van der Waals surface area contributed by atoms with Gasteiger partial charge in [-0.1, -0.05) is 6.07 Å². The Bertz CT molecular complexity index is 462. The van der Waals surface area contributed by atoms with Crippen LogP contribution < -0.4 is 0 Å². The molecular weight excluding hydrogens is 227 g/mol. The highest BCUT2D eigenvalue weighted by Crippen LogP contribution is 2.11. The van der Waals surface area contributed by atoms with Crippen molar-refractivity contribution in [2.75, 3.05) is 0 Å². The van der Waals surface area contributed by atoms with E-state index in [4.69, 9.17) is 4.74 Å². The minimum atomic E-state index is -0.437. The minimum absolute atomic E-state index is 0.258. The topological polar surface area (TPSA) is 26.3 Å². The monoisotopic (exact) mass is 236 g/mol. The van der Waals surface area contributed by atoms with Crippen molar-refractivity contribution in [2.45, 2.75) is 6.61 Å². The van der Waals surface area contributed by atoms with Gasteiger partial charge in [-0.2, -0.15) is 0 Å². The van der Waals surface area contributed by atoms with Gasteiger partial charge in [-0.05, 0) is 35.7 Å². The van der Waals surface area contributed by atoms with Crippen molar-refractivity contribution in [2.24, 2.45) is 0 Å². The molecule has 0 N–H and O–H groups in total. The summed E-state index contributed by atoms with van der Waals surface area (Å²) >= 11 is 1.53. The summed E-state index contributed by atoms with van der Waals surface area (Å²) in [5.74, 6) is -0.803. The summed E-state index contributed by atoms with van der Waals surface area (Å²) < 4.78 is 17.7. The lowest BCUT2D eigenvalue weighted by Gasteiger charge is -2.02. The van der Waals surface area contributed by atoms with Gasteiger partial charge in [-0.25, -0.2) is 9.18 Å². The number of esters is 1. The Morgan fingerprint density at radius 1 is 1.25 bits per heavy atom. The van der Waals surface area contributed by atoms with E-state index in [1.165, 1.54) is 35.6 Å². The molecule has 0 amide bonds. The number of rotatable bonds is 3. The van der Waals surface area contributed by atoms with Gasteiger partial charge in [-0.15, -0.1) is 11.3 Å². The Morgan fingerprint density at radius 3 is 2.62 bits per heavy atom. The molecule has 0 saturated carbocycles. The first-order chi connectivity index (χ1) is 7.75. The molecule has 0 aliphatic rings. The van der Waals surface area contributed by atoms with Crippen LogP contribution in [0.15, 0.2) is 41.8 Å². The van der Waals surface area contributed by atoms with E-state index < -0.39 is 5.97 Å². The van der Waals surface area contributed by atoms with E-state index in [1.807, 2.05) is 17.5 Å². The molecule has 0 saturated heterocycles. The lowest BCUT2D eigenvalue weighted by atomic mass is 10.2. The molecule has 82 valence electrons. The SMILES string of the molecule is O=C(OCc1cccs1)c1ccc(F)cc1. The zero-order valence-corrected chi connectivity index (χ0v) is 9.17. The highest BCUT2D eigenvalue weighted by Gasteiger charge is 2.07. The van der Waals surface area contributed by atoms with Crippen molar-refractivity contribution in [3.63, 3.8) is 0 Å². The summed E-state index contributed by atoms with van der Waals surface area (Å²) in [5.41, 5.74) is 0.359. The van der Waals surface area contributed by atoms with Crippen LogP contribution in [0.4, 0.5) is 4.39 Å². The van der Waals surface area contributed by atoms with Crippen molar-refractivity contribution in [3.05, 3.63) is 58.0 Å². The van der Waals surface area contributed by atoms with Crippen molar-refractivity contribution >= 4 is 17.3 Å². The molecule has 1 aromatic carbocycles. The van der Waals surface area contributed by atoms with Gasteiger partial charge in [0.1, 0.15) is 12.4 Å². The molecule has 0 aliphatic carbocycles. The minimum Gasteiger partial charge on any atom is -0.456 e. The molecule has 2 rings (SSSR count). The van der Waals surface area contributed by atoms with E-state index in [1.54, 1.807) is 0 Å². The van der Waals surface area contributed by atoms with Crippen molar-refractivity contribution < 1.29 is 13.9 Å². The maximum absolute atomic E-state index is 12.6. The van der Waals surface area contributed by atoms with Crippen LogP contribution in [-0.2, 0) is 11.3 Å². The van der Waals surface area contributed by atoms with Crippen LogP contribution in [0.1, 0.15) is 15.2 Å². The Labute approximate surface area is 96.3 Å². The van der Waals surface area contributed by atoms with E-state index in [0.29, 0.717) is 5.56 Å². The second kappa shape index (κ2) is 4.90. The number of carbonyl (C=O) groups excluding carboxylic acids is 1. The van der Waals surface area contributed by atoms with E-state index >= 15 is 0 Å². The van der Waals surface area contributed by atoms with Gasteiger partial charge < -0.3 is 4.74 Å². The second-order valence-electron chi connectivity index (χ2n) is 3.16. The Kier molecular flexibility index (Phi) is 3.31. The fourth-order valence-electron chi connectivity index (χ4n) is 1.20.